The second kappa shape index (κ2) is 15.1. The smallest absolute Gasteiger partial charge is 0.266 e. The van der Waals surface area contributed by atoms with Crippen LogP contribution in [0, 0.1) is 0 Å². The largest absolute Gasteiger partial charge is 0.483 e. The molecule has 0 saturated carbocycles. The highest BCUT2D eigenvalue weighted by molar-refractivity contribution is 6.24. The fraction of sp³-hybridized carbons (Fsp3) is 0.571. The first kappa shape index (κ1) is 30.7. The fourth-order valence-corrected chi connectivity index (χ4v) is 4.50. The van der Waals surface area contributed by atoms with Crippen LogP contribution < -0.4 is 20.7 Å². The molecule has 0 radical (unpaired) electrons. The van der Waals surface area contributed by atoms with Crippen LogP contribution in [0.4, 0.5) is 0 Å². The molecule has 3 rings (SSSR count). The Labute approximate surface area is 233 Å². The van der Waals surface area contributed by atoms with Crippen molar-refractivity contribution >= 4 is 35.4 Å². The van der Waals surface area contributed by atoms with Crippen molar-refractivity contribution in [2.45, 2.75) is 77.4 Å². The number of imide groups is 2. The van der Waals surface area contributed by atoms with Gasteiger partial charge in [0.2, 0.25) is 17.7 Å². The molecule has 0 aliphatic carbocycles. The van der Waals surface area contributed by atoms with Crippen molar-refractivity contribution in [2.24, 2.45) is 0 Å². The Kier molecular flexibility index (Phi) is 11.6. The summed E-state index contributed by atoms with van der Waals surface area (Å²) in [6, 6.07) is 3.43. The van der Waals surface area contributed by atoms with E-state index in [4.69, 9.17) is 9.47 Å². The van der Waals surface area contributed by atoms with Crippen LogP contribution in [-0.2, 0) is 23.9 Å². The summed E-state index contributed by atoms with van der Waals surface area (Å²) in [6.07, 6.45) is 5.86. The highest BCUT2D eigenvalue weighted by Crippen LogP contribution is 2.33. The lowest BCUT2D eigenvalue weighted by Crippen LogP contribution is -2.54. The first-order chi connectivity index (χ1) is 19.2. The first-order valence-electron chi connectivity index (χ1n) is 13.8. The zero-order chi connectivity index (χ0) is 29.1. The van der Waals surface area contributed by atoms with Crippen molar-refractivity contribution < 1.29 is 38.2 Å². The summed E-state index contributed by atoms with van der Waals surface area (Å²) in [5.41, 5.74) is 0.101. The molecule has 1 atom stereocenters. The Hall–Kier alpha value is -3.80. The molecule has 6 amide bonds. The molecule has 3 N–H and O–H groups in total. The van der Waals surface area contributed by atoms with Crippen molar-refractivity contribution in [1.82, 2.24) is 20.9 Å². The Balaban J connectivity index is 1.32. The van der Waals surface area contributed by atoms with Gasteiger partial charge in [0.25, 0.3) is 17.7 Å². The van der Waals surface area contributed by atoms with E-state index in [2.05, 4.69) is 16.0 Å². The van der Waals surface area contributed by atoms with Gasteiger partial charge in [0, 0.05) is 19.5 Å². The van der Waals surface area contributed by atoms with Gasteiger partial charge >= 0.3 is 0 Å². The van der Waals surface area contributed by atoms with Gasteiger partial charge < -0.3 is 20.1 Å². The molecule has 2 heterocycles. The Morgan fingerprint density at radius 1 is 0.925 bits per heavy atom. The van der Waals surface area contributed by atoms with Gasteiger partial charge in [0.15, 0.2) is 6.61 Å². The minimum absolute atomic E-state index is 0.00783. The number of carbonyl (C=O) groups is 6. The van der Waals surface area contributed by atoms with E-state index in [-0.39, 0.29) is 60.9 Å². The number of piperidine rings is 1. The maximum Gasteiger partial charge on any atom is 0.266 e. The number of nitrogens with one attached hydrogen (secondary N) is 3. The van der Waals surface area contributed by atoms with Gasteiger partial charge in [0.05, 0.1) is 17.2 Å². The molecular weight excluding hydrogens is 520 g/mol. The lowest BCUT2D eigenvalue weighted by atomic mass is 10.0. The van der Waals surface area contributed by atoms with Crippen LogP contribution in [0.1, 0.15) is 85.9 Å². The number of ether oxygens (including phenoxy) is 2. The number of unbranched alkanes of at least 4 members (excludes halogenated alkanes) is 5. The lowest BCUT2D eigenvalue weighted by molar-refractivity contribution is -0.136. The number of fused-ring (bicyclic) bond motifs is 1. The van der Waals surface area contributed by atoms with Crippen LogP contribution in [0.5, 0.6) is 5.75 Å². The van der Waals surface area contributed by atoms with Gasteiger partial charge in [0.1, 0.15) is 18.4 Å². The van der Waals surface area contributed by atoms with Gasteiger partial charge in [-0.3, -0.25) is 39.0 Å². The van der Waals surface area contributed by atoms with Gasteiger partial charge in [-0.05, 0) is 45.2 Å². The van der Waals surface area contributed by atoms with E-state index in [1.54, 1.807) is 6.07 Å². The molecule has 12 heteroatoms. The molecule has 0 spiro atoms. The molecule has 1 aromatic rings. The molecule has 1 fully saturated rings. The monoisotopic (exact) mass is 558 g/mol. The highest BCUT2D eigenvalue weighted by atomic mass is 16.5. The molecule has 12 nitrogen and oxygen atoms in total. The zero-order valence-electron chi connectivity index (χ0n) is 23.1. The van der Waals surface area contributed by atoms with Crippen LogP contribution in [0.2, 0.25) is 0 Å². The third kappa shape index (κ3) is 8.60. The van der Waals surface area contributed by atoms with Crippen LogP contribution in [0.15, 0.2) is 18.2 Å². The number of benzene rings is 1. The maximum absolute atomic E-state index is 13.1. The van der Waals surface area contributed by atoms with Gasteiger partial charge in [-0.25, -0.2) is 0 Å². The van der Waals surface area contributed by atoms with Crippen LogP contribution in [-0.4, -0.2) is 78.8 Å². The SMILES string of the molecule is CC(C)OCC(=O)NCCCCCCCCNC(=O)COc1cccc2c1C(=O)N(C1CCC(=O)NC1=O)C2=O. The summed E-state index contributed by atoms with van der Waals surface area (Å²) in [4.78, 5) is 74.3. The Morgan fingerprint density at radius 2 is 1.55 bits per heavy atom. The standard InChI is InChI=1S/C28H38N4O8/c1-18(2)39-16-23(34)29-14-7-5-3-4-6-8-15-30-24(35)17-40-21-11-9-10-19-25(21)28(38)32(27(19)37)20-12-13-22(33)31-26(20)36/h9-11,18,20H,3-8,12-17H2,1-2H3,(H,29,34)(H,30,35)(H,31,33,36). The van der Waals surface area contributed by atoms with Crippen molar-refractivity contribution in [3.8, 4) is 5.75 Å². The molecule has 218 valence electrons. The third-order valence-electron chi connectivity index (χ3n) is 6.58. The van der Waals surface area contributed by atoms with E-state index in [0.29, 0.717) is 13.1 Å². The van der Waals surface area contributed by atoms with E-state index < -0.39 is 29.7 Å². The van der Waals surface area contributed by atoms with Crippen molar-refractivity contribution in [1.29, 1.82) is 0 Å². The minimum atomic E-state index is -1.07. The Bertz CT molecular complexity index is 1120. The number of nitrogens with zero attached hydrogens (tertiary/aromatic N) is 1. The average molecular weight is 559 g/mol. The van der Waals surface area contributed by atoms with Crippen LogP contribution in [0.3, 0.4) is 0 Å². The molecule has 40 heavy (non-hydrogen) atoms. The van der Waals surface area contributed by atoms with Crippen molar-refractivity contribution in [3.63, 3.8) is 0 Å². The lowest BCUT2D eigenvalue weighted by Gasteiger charge is -2.27. The van der Waals surface area contributed by atoms with Crippen LogP contribution >= 0.6 is 0 Å². The number of hydrogen-bond acceptors (Lipinski definition) is 8. The number of carbonyl (C=O) groups excluding carboxylic acids is 6. The van der Waals surface area contributed by atoms with Gasteiger partial charge in [-0.2, -0.15) is 0 Å². The van der Waals surface area contributed by atoms with E-state index in [9.17, 15) is 28.8 Å². The van der Waals surface area contributed by atoms with Gasteiger partial charge in [-0.15, -0.1) is 0 Å². The molecule has 1 aromatic carbocycles. The fourth-order valence-electron chi connectivity index (χ4n) is 4.50. The normalized spacial score (nSPS) is 16.7. The summed E-state index contributed by atoms with van der Waals surface area (Å²) in [6.45, 7) is 4.65. The number of rotatable bonds is 16. The molecule has 1 saturated heterocycles. The number of amides is 6. The quantitative estimate of drug-likeness (QED) is 0.203. The van der Waals surface area contributed by atoms with Crippen LogP contribution in [0.25, 0.3) is 0 Å². The van der Waals surface area contributed by atoms with Crippen molar-refractivity contribution in [3.05, 3.63) is 29.3 Å². The van der Waals surface area contributed by atoms with Gasteiger partial charge in [-0.1, -0.05) is 31.7 Å². The molecule has 1 unspecified atom stereocenters. The minimum Gasteiger partial charge on any atom is -0.483 e. The van der Waals surface area contributed by atoms with E-state index in [1.165, 1.54) is 12.1 Å². The van der Waals surface area contributed by atoms with E-state index in [1.807, 2.05) is 13.8 Å². The predicted molar refractivity (Wildman–Crippen MR) is 143 cm³/mol. The molecule has 2 aliphatic rings. The first-order valence-corrected chi connectivity index (χ1v) is 13.8. The molecule has 2 aliphatic heterocycles. The molecule has 0 aromatic heterocycles. The summed E-state index contributed by atoms with van der Waals surface area (Å²) < 4.78 is 10.8. The maximum atomic E-state index is 13.1. The van der Waals surface area contributed by atoms with E-state index >= 15 is 0 Å². The summed E-state index contributed by atoms with van der Waals surface area (Å²) in [5, 5.41) is 7.78. The third-order valence-corrected chi connectivity index (χ3v) is 6.58. The number of hydrogen-bond donors (Lipinski definition) is 3. The predicted octanol–water partition coefficient (Wildman–Crippen LogP) is 1.46. The summed E-state index contributed by atoms with van der Waals surface area (Å²) >= 11 is 0. The molecule has 0 bridgehead atoms. The molecular formula is C28H38N4O8. The summed E-state index contributed by atoms with van der Waals surface area (Å²) in [7, 11) is 0. The van der Waals surface area contributed by atoms with Crippen molar-refractivity contribution in [2.75, 3.05) is 26.3 Å². The summed E-state index contributed by atoms with van der Waals surface area (Å²) in [5.74, 6) is -2.82. The Morgan fingerprint density at radius 3 is 2.17 bits per heavy atom. The second-order valence-corrected chi connectivity index (χ2v) is 10.1. The topological polar surface area (TPSA) is 160 Å². The highest BCUT2D eigenvalue weighted by Gasteiger charge is 2.46. The zero-order valence-corrected chi connectivity index (χ0v) is 23.1. The second-order valence-electron chi connectivity index (χ2n) is 10.1. The average Bonchev–Trinajstić information content (AvgIpc) is 3.17. The van der Waals surface area contributed by atoms with E-state index in [0.717, 1.165) is 43.4 Å².